The molecular weight excluding hydrogens is 460 g/mol. The summed E-state index contributed by atoms with van der Waals surface area (Å²) >= 11 is 2.51. The minimum atomic E-state index is -0.493. The third-order valence-corrected chi connectivity index (χ3v) is 6.51. The Hall–Kier alpha value is -3.11. The molecule has 0 aliphatic heterocycles. The minimum absolute atomic E-state index is 0.0973. The minimum Gasteiger partial charge on any atom is -0.482 e. The first kappa shape index (κ1) is 24.5. The van der Waals surface area contributed by atoms with Crippen molar-refractivity contribution in [3.8, 4) is 5.75 Å². The Morgan fingerprint density at radius 3 is 2.79 bits per heavy atom. The van der Waals surface area contributed by atoms with Crippen LogP contribution in [0.3, 0.4) is 0 Å². The highest BCUT2D eigenvalue weighted by Gasteiger charge is 2.21. The summed E-state index contributed by atoms with van der Waals surface area (Å²) < 4.78 is 12.8. The molecule has 10 heteroatoms. The van der Waals surface area contributed by atoms with Crippen LogP contribution in [-0.4, -0.2) is 39.5 Å². The number of aromatic nitrogens is 3. The standard InChI is InChI=1S/C23H26N4O4S2/c1-6-10-27-20(16(4)31-18-8-7-14(2)12-15(18)3)25-26-23(27)33-13-19(28)24-21-17(9-11-32-21)22(29)30-5/h6-9,11-12,16H,1,10,13H2,2-5H3,(H,24,28). The number of carbonyl (C=O) groups excluding carboxylic acids is 2. The number of aryl methyl sites for hydroxylation is 2. The van der Waals surface area contributed by atoms with Gasteiger partial charge in [0.15, 0.2) is 17.1 Å². The van der Waals surface area contributed by atoms with Gasteiger partial charge in [-0.05, 0) is 43.8 Å². The topological polar surface area (TPSA) is 95.3 Å². The zero-order valence-corrected chi connectivity index (χ0v) is 20.6. The number of carbonyl (C=O) groups is 2. The Balaban J connectivity index is 1.69. The Kier molecular flexibility index (Phi) is 8.29. The van der Waals surface area contributed by atoms with Gasteiger partial charge in [0.2, 0.25) is 5.91 Å². The largest absolute Gasteiger partial charge is 0.482 e. The molecule has 0 spiro atoms. The molecule has 0 aliphatic rings. The first-order valence-corrected chi connectivity index (χ1v) is 12.1. The zero-order chi connectivity index (χ0) is 24.0. The summed E-state index contributed by atoms with van der Waals surface area (Å²) in [4.78, 5) is 24.3. The quantitative estimate of drug-likeness (QED) is 0.250. The molecule has 1 amide bonds. The maximum absolute atomic E-state index is 12.5. The highest BCUT2D eigenvalue weighted by molar-refractivity contribution is 7.99. The molecule has 0 saturated heterocycles. The van der Waals surface area contributed by atoms with Gasteiger partial charge in [-0.1, -0.05) is 35.5 Å². The lowest BCUT2D eigenvalue weighted by molar-refractivity contribution is -0.113. The number of nitrogens with zero attached hydrogens (tertiary/aromatic N) is 3. The average Bonchev–Trinajstić information content (AvgIpc) is 3.41. The van der Waals surface area contributed by atoms with Crippen LogP contribution in [0, 0.1) is 13.8 Å². The van der Waals surface area contributed by atoms with E-state index < -0.39 is 5.97 Å². The summed E-state index contributed by atoms with van der Waals surface area (Å²) in [7, 11) is 1.30. The van der Waals surface area contributed by atoms with E-state index in [4.69, 9.17) is 9.47 Å². The molecule has 1 aromatic carbocycles. The lowest BCUT2D eigenvalue weighted by Crippen LogP contribution is -2.16. The molecule has 33 heavy (non-hydrogen) atoms. The second-order valence-corrected chi connectivity index (χ2v) is 9.12. The van der Waals surface area contributed by atoms with Crippen molar-refractivity contribution in [2.45, 2.75) is 38.6 Å². The van der Waals surface area contributed by atoms with Gasteiger partial charge in [-0.25, -0.2) is 4.79 Å². The summed E-state index contributed by atoms with van der Waals surface area (Å²) in [5, 5.41) is 14.1. The maximum atomic E-state index is 12.5. The Bertz CT molecular complexity index is 1160. The number of esters is 1. The number of rotatable bonds is 10. The van der Waals surface area contributed by atoms with Crippen molar-refractivity contribution in [1.82, 2.24) is 14.8 Å². The molecule has 2 heterocycles. The summed E-state index contributed by atoms with van der Waals surface area (Å²) in [5.41, 5.74) is 2.54. The third-order valence-electron chi connectivity index (χ3n) is 4.71. The molecule has 3 aromatic rings. The van der Waals surface area contributed by atoms with E-state index in [2.05, 4.69) is 28.2 Å². The number of allylic oxidation sites excluding steroid dienone is 1. The summed E-state index contributed by atoms with van der Waals surface area (Å²) in [6, 6.07) is 7.63. The first-order chi connectivity index (χ1) is 15.8. The van der Waals surface area contributed by atoms with E-state index in [0.717, 1.165) is 11.3 Å². The lowest BCUT2D eigenvalue weighted by Gasteiger charge is -2.17. The number of nitrogens with one attached hydrogen (secondary N) is 1. The van der Waals surface area contributed by atoms with E-state index in [1.165, 1.54) is 35.8 Å². The van der Waals surface area contributed by atoms with Crippen molar-refractivity contribution in [3.05, 3.63) is 64.8 Å². The van der Waals surface area contributed by atoms with Crippen LogP contribution in [0.25, 0.3) is 0 Å². The van der Waals surface area contributed by atoms with Gasteiger partial charge in [0.1, 0.15) is 10.8 Å². The fourth-order valence-corrected chi connectivity index (χ4v) is 4.70. The summed E-state index contributed by atoms with van der Waals surface area (Å²) in [6.45, 7) is 10.2. The summed E-state index contributed by atoms with van der Waals surface area (Å²) in [5.74, 6) is 0.769. The molecule has 0 saturated carbocycles. The Morgan fingerprint density at radius 1 is 1.30 bits per heavy atom. The van der Waals surface area contributed by atoms with Crippen molar-refractivity contribution < 1.29 is 19.1 Å². The second kappa shape index (κ2) is 11.2. The van der Waals surface area contributed by atoms with Crippen LogP contribution in [0.5, 0.6) is 5.75 Å². The number of anilines is 1. The highest BCUT2D eigenvalue weighted by Crippen LogP contribution is 2.28. The lowest BCUT2D eigenvalue weighted by atomic mass is 10.1. The molecule has 3 rings (SSSR count). The van der Waals surface area contributed by atoms with E-state index in [1.807, 2.05) is 37.5 Å². The van der Waals surface area contributed by atoms with Gasteiger partial charge in [0.05, 0.1) is 18.4 Å². The van der Waals surface area contributed by atoms with Gasteiger partial charge < -0.3 is 14.8 Å². The van der Waals surface area contributed by atoms with Gasteiger partial charge in [0, 0.05) is 6.54 Å². The molecule has 174 valence electrons. The molecule has 1 atom stereocenters. The smallest absolute Gasteiger partial charge is 0.340 e. The summed E-state index contributed by atoms with van der Waals surface area (Å²) in [6.07, 6.45) is 1.39. The fourth-order valence-electron chi connectivity index (χ4n) is 3.15. The number of hydrogen-bond donors (Lipinski definition) is 1. The van der Waals surface area contributed by atoms with Crippen LogP contribution in [0.2, 0.25) is 0 Å². The molecule has 0 fully saturated rings. The monoisotopic (exact) mass is 486 g/mol. The van der Waals surface area contributed by atoms with E-state index in [-0.39, 0.29) is 17.8 Å². The van der Waals surface area contributed by atoms with Crippen LogP contribution in [0.15, 0.2) is 47.5 Å². The molecule has 8 nitrogen and oxygen atoms in total. The van der Waals surface area contributed by atoms with Crippen LogP contribution < -0.4 is 10.1 Å². The number of hydrogen-bond acceptors (Lipinski definition) is 8. The van der Waals surface area contributed by atoms with Crippen LogP contribution >= 0.6 is 23.1 Å². The molecular formula is C23H26N4O4S2. The SMILES string of the molecule is C=CCn1c(SCC(=O)Nc2sccc2C(=O)OC)nnc1C(C)Oc1ccc(C)cc1C. The molecule has 0 radical (unpaired) electrons. The van der Waals surface area contributed by atoms with E-state index >= 15 is 0 Å². The van der Waals surface area contributed by atoms with Crippen LogP contribution in [0.4, 0.5) is 5.00 Å². The fraction of sp³-hybridized carbons (Fsp3) is 0.304. The number of thioether (sulfide) groups is 1. The molecule has 1 unspecified atom stereocenters. The predicted octanol–water partition coefficient (Wildman–Crippen LogP) is 4.80. The van der Waals surface area contributed by atoms with Crippen molar-refractivity contribution >= 4 is 40.0 Å². The Morgan fingerprint density at radius 2 is 2.09 bits per heavy atom. The number of thiophene rings is 1. The maximum Gasteiger partial charge on any atom is 0.340 e. The number of benzene rings is 1. The number of ether oxygens (including phenoxy) is 2. The van der Waals surface area contributed by atoms with Gasteiger partial charge in [-0.15, -0.1) is 28.1 Å². The van der Waals surface area contributed by atoms with Crippen LogP contribution in [0.1, 0.15) is 40.3 Å². The number of amides is 1. The van der Waals surface area contributed by atoms with Gasteiger partial charge in [0.25, 0.3) is 0 Å². The van der Waals surface area contributed by atoms with Crippen LogP contribution in [-0.2, 0) is 16.1 Å². The van der Waals surface area contributed by atoms with Crippen molar-refractivity contribution in [2.24, 2.45) is 0 Å². The molecule has 0 aliphatic carbocycles. The molecule has 1 N–H and O–H groups in total. The van der Waals surface area contributed by atoms with Crippen molar-refractivity contribution in [1.29, 1.82) is 0 Å². The third kappa shape index (κ3) is 6.02. The van der Waals surface area contributed by atoms with E-state index in [0.29, 0.717) is 28.1 Å². The van der Waals surface area contributed by atoms with Crippen molar-refractivity contribution in [2.75, 3.05) is 18.2 Å². The Labute approximate surface area is 201 Å². The highest BCUT2D eigenvalue weighted by atomic mass is 32.2. The predicted molar refractivity (Wildman–Crippen MR) is 130 cm³/mol. The average molecular weight is 487 g/mol. The first-order valence-electron chi connectivity index (χ1n) is 10.2. The molecule has 0 bridgehead atoms. The van der Waals surface area contributed by atoms with E-state index in [1.54, 1.807) is 17.5 Å². The van der Waals surface area contributed by atoms with Crippen molar-refractivity contribution in [3.63, 3.8) is 0 Å². The van der Waals surface area contributed by atoms with Gasteiger partial charge in [-0.3, -0.25) is 9.36 Å². The molecule has 2 aromatic heterocycles. The van der Waals surface area contributed by atoms with Gasteiger partial charge >= 0.3 is 5.97 Å². The van der Waals surface area contributed by atoms with Gasteiger partial charge in [-0.2, -0.15) is 0 Å². The second-order valence-electron chi connectivity index (χ2n) is 7.26. The van der Waals surface area contributed by atoms with E-state index in [9.17, 15) is 9.59 Å². The zero-order valence-electron chi connectivity index (χ0n) is 19.0. The number of methoxy groups -OCH3 is 1. The normalized spacial score (nSPS) is 11.6.